The van der Waals surface area contributed by atoms with Crippen LogP contribution in [0.5, 0.6) is 0 Å². The highest BCUT2D eigenvalue weighted by Gasteiger charge is 2.48. The predicted octanol–water partition coefficient (Wildman–Crippen LogP) is 3.04. The molecule has 0 aromatic rings. The van der Waals surface area contributed by atoms with E-state index in [2.05, 4.69) is 29.8 Å². The van der Waals surface area contributed by atoms with E-state index in [0.29, 0.717) is 38.3 Å². The van der Waals surface area contributed by atoms with Crippen LogP contribution in [0.25, 0.3) is 0 Å². The second-order valence-corrected chi connectivity index (χ2v) is 14.5. The average molecular weight is 606 g/mol. The molecule has 0 radical (unpaired) electrons. The van der Waals surface area contributed by atoms with Crippen molar-refractivity contribution >= 4 is 29.5 Å². The molecule has 5 amide bonds. The van der Waals surface area contributed by atoms with E-state index in [1.807, 2.05) is 20.8 Å². The molecule has 0 aromatic carbocycles. The van der Waals surface area contributed by atoms with Crippen LogP contribution in [0.15, 0.2) is 0 Å². The van der Waals surface area contributed by atoms with Gasteiger partial charge in [0.05, 0.1) is 18.2 Å². The molecule has 0 spiro atoms. The number of Topliss-reactive ketones (excluding diaryl/α,β-unsaturated/α-hetero) is 1. The van der Waals surface area contributed by atoms with Gasteiger partial charge in [-0.1, -0.05) is 66.2 Å². The molecule has 2 aliphatic carbocycles. The Morgan fingerprint density at radius 3 is 2.23 bits per heavy atom. The first-order valence-corrected chi connectivity index (χ1v) is 16.2. The van der Waals surface area contributed by atoms with Crippen molar-refractivity contribution in [2.75, 3.05) is 20.3 Å². The molecule has 1 saturated heterocycles. The molecule has 43 heavy (non-hydrogen) atoms. The number of amides is 5. The molecule has 3 fully saturated rings. The average Bonchev–Trinajstić information content (AvgIpc) is 3.29. The second kappa shape index (κ2) is 14.9. The minimum atomic E-state index is -1.07. The minimum Gasteiger partial charge on any atom is -0.382 e. The first-order valence-electron chi connectivity index (χ1n) is 16.2. The van der Waals surface area contributed by atoms with E-state index >= 15 is 0 Å². The zero-order valence-corrected chi connectivity index (χ0v) is 27.1. The Morgan fingerprint density at radius 2 is 1.70 bits per heavy atom. The Balaban J connectivity index is 1.83. The molecule has 1 heterocycles. The maximum atomic E-state index is 14.4. The zero-order valence-electron chi connectivity index (χ0n) is 27.1. The summed E-state index contributed by atoms with van der Waals surface area (Å²) in [6.45, 7) is 10.8. The second-order valence-electron chi connectivity index (χ2n) is 14.5. The van der Waals surface area contributed by atoms with Crippen LogP contribution in [0, 0.1) is 23.2 Å². The molecule has 0 aromatic heterocycles. The first-order chi connectivity index (χ1) is 20.2. The van der Waals surface area contributed by atoms with Crippen molar-refractivity contribution in [3.05, 3.63) is 0 Å². The Bertz CT molecular complexity index is 1020. The summed E-state index contributed by atoms with van der Waals surface area (Å²) in [7, 11) is 1.60. The number of nitrogens with one attached hydrogen (secondary N) is 3. The number of urea groups is 1. The summed E-state index contributed by atoms with van der Waals surface area (Å²) in [6.07, 6.45) is 8.97. The standard InChI is InChI=1S/C32H55N5O6/c1-20(2)17-32(5,19-43-6)36-30(42)35-26(31(4)13-8-7-9-14-31)29(41)37-18-21(3)15-24(37)28(40)34-23(25(38)27(33)39)16-22-11-10-12-22/h20-24,26H,7-19H2,1-6H3,(H2,33,39)(H,34,40)(H2,35,36,42)/t21-,23?,24?,26-,32-/m1/s1. The maximum Gasteiger partial charge on any atom is 0.315 e. The van der Waals surface area contributed by atoms with Crippen LogP contribution in [0.1, 0.15) is 105 Å². The third-order valence-electron chi connectivity index (χ3n) is 9.72. The molecule has 0 bridgehead atoms. The van der Waals surface area contributed by atoms with E-state index in [1.54, 1.807) is 12.0 Å². The van der Waals surface area contributed by atoms with Gasteiger partial charge in [0.1, 0.15) is 12.1 Å². The summed E-state index contributed by atoms with van der Waals surface area (Å²) in [4.78, 5) is 67.6. The molecule has 5 atom stereocenters. The fraction of sp³-hybridized carbons (Fsp3) is 0.844. The van der Waals surface area contributed by atoms with Crippen LogP contribution in [0.4, 0.5) is 4.79 Å². The number of hydrogen-bond acceptors (Lipinski definition) is 6. The van der Waals surface area contributed by atoms with Crippen LogP contribution in [0.2, 0.25) is 0 Å². The third-order valence-corrected chi connectivity index (χ3v) is 9.72. The number of carbonyl (C=O) groups is 5. The monoisotopic (exact) mass is 605 g/mol. The van der Waals surface area contributed by atoms with E-state index in [1.165, 1.54) is 0 Å². The van der Waals surface area contributed by atoms with Gasteiger partial charge in [-0.15, -0.1) is 0 Å². The van der Waals surface area contributed by atoms with Crippen molar-refractivity contribution < 1.29 is 28.7 Å². The predicted molar refractivity (Wildman–Crippen MR) is 164 cm³/mol. The maximum absolute atomic E-state index is 14.4. The first kappa shape index (κ1) is 34.8. The Kier molecular flexibility index (Phi) is 12.0. The largest absolute Gasteiger partial charge is 0.382 e. The van der Waals surface area contributed by atoms with Crippen molar-refractivity contribution in [2.45, 2.75) is 129 Å². The fourth-order valence-corrected chi connectivity index (χ4v) is 7.43. The lowest BCUT2D eigenvalue weighted by molar-refractivity contribution is -0.144. The van der Waals surface area contributed by atoms with E-state index in [9.17, 15) is 24.0 Å². The summed E-state index contributed by atoms with van der Waals surface area (Å²) in [5.41, 5.74) is 4.21. The smallest absolute Gasteiger partial charge is 0.315 e. The normalized spacial score (nSPS) is 24.8. The van der Waals surface area contributed by atoms with Gasteiger partial charge in [-0.25, -0.2) is 4.79 Å². The van der Waals surface area contributed by atoms with E-state index in [4.69, 9.17) is 10.5 Å². The molecule has 1 aliphatic heterocycles. The van der Waals surface area contributed by atoms with Gasteiger partial charge in [-0.05, 0) is 62.2 Å². The number of carbonyl (C=O) groups excluding carboxylic acids is 5. The number of ketones is 1. The topological polar surface area (TPSA) is 160 Å². The minimum absolute atomic E-state index is 0.0429. The molecule has 5 N–H and O–H groups in total. The third kappa shape index (κ3) is 9.16. The highest BCUT2D eigenvalue weighted by Crippen LogP contribution is 2.40. The molecule has 11 nitrogen and oxygen atoms in total. The van der Waals surface area contributed by atoms with Crippen molar-refractivity contribution in [1.29, 1.82) is 0 Å². The van der Waals surface area contributed by atoms with Gasteiger partial charge in [-0.2, -0.15) is 0 Å². The van der Waals surface area contributed by atoms with Crippen molar-refractivity contribution in [3.63, 3.8) is 0 Å². The number of nitrogens with zero attached hydrogens (tertiary/aromatic N) is 1. The molecule has 2 saturated carbocycles. The van der Waals surface area contributed by atoms with Crippen molar-refractivity contribution in [3.8, 4) is 0 Å². The van der Waals surface area contributed by atoms with Gasteiger partial charge in [0, 0.05) is 13.7 Å². The zero-order chi connectivity index (χ0) is 31.9. The number of methoxy groups -OCH3 is 1. The molecule has 3 aliphatic rings. The summed E-state index contributed by atoms with van der Waals surface area (Å²) in [5.74, 6) is -2.02. The summed E-state index contributed by atoms with van der Waals surface area (Å²) >= 11 is 0. The van der Waals surface area contributed by atoms with Gasteiger partial charge in [0.2, 0.25) is 17.6 Å². The van der Waals surface area contributed by atoms with Crippen LogP contribution < -0.4 is 21.7 Å². The van der Waals surface area contributed by atoms with Crippen LogP contribution in [-0.2, 0) is 23.9 Å². The highest BCUT2D eigenvalue weighted by molar-refractivity contribution is 6.37. The molecular weight excluding hydrogens is 550 g/mol. The number of hydrogen-bond donors (Lipinski definition) is 4. The molecular formula is C32H55N5O6. The van der Waals surface area contributed by atoms with E-state index < -0.39 is 52.7 Å². The highest BCUT2D eigenvalue weighted by atomic mass is 16.5. The number of ether oxygens (including phenoxy) is 1. The molecule has 3 rings (SSSR count). The number of likely N-dealkylation sites (tertiary alicyclic amines) is 1. The quantitative estimate of drug-likeness (QED) is 0.223. The molecule has 244 valence electrons. The van der Waals surface area contributed by atoms with Crippen molar-refractivity contribution in [1.82, 2.24) is 20.9 Å². The van der Waals surface area contributed by atoms with Crippen molar-refractivity contribution in [2.24, 2.45) is 28.9 Å². The number of nitrogens with two attached hydrogens (primary N) is 1. The molecule has 11 heteroatoms. The van der Waals surface area contributed by atoms with Gasteiger partial charge in [0.15, 0.2) is 0 Å². The lowest BCUT2D eigenvalue weighted by Crippen LogP contribution is -2.63. The molecule has 2 unspecified atom stereocenters. The number of rotatable bonds is 14. The number of primary amides is 1. The van der Waals surface area contributed by atoms with Gasteiger partial charge in [-0.3, -0.25) is 19.2 Å². The van der Waals surface area contributed by atoms with Gasteiger partial charge >= 0.3 is 6.03 Å². The summed E-state index contributed by atoms with van der Waals surface area (Å²) in [6, 6.07) is -3.09. The summed E-state index contributed by atoms with van der Waals surface area (Å²) < 4.78 is 5.41. The lowest BCUT2D eigenvalue weighted by Gasteiger charge is -2.43. The van der Waals surface area contributed by atoms with Crippen LogP contribution in [-0.4, -0.2) is 78.4 Å². The van der Waals surface area contributed by atoms with Crippen LogP contribution >= 0.6 is 0 Å². The van der Waals surface area contributed by atoms with Gasteiger partial charge < -0.3 is 31.3 Å². The SMILES string of the molecule is COC[C@@](C)(CC(C)C)NC(=O)N[C@H](C(=O)N1C[C@H](C)CC1C(=O)NC(CC1CCC1)C(=O)C(N)=O)C1(C)CCCCC1. The fourth-order valence-electron chi connectivity index (χ4n) is 7.43. The lowest BCUT2D eigenvalue weighted by atomic mass is 9.70. The Labute approximate surface area is 257 Å². The van der Waals surface area contributed by atoms with Gasteiger partial charge in [0.25, 0.3) is 5.91 Å². The Hall–Kier alpha value is -2.69. The van der Waals surface area contributed by atoms with E-state index in [-0.39, 0.29) is 17.7 Å². The summed E-state index contributed by atoms with van der Waals surface area (Å²) in [5, 5.41) is 8.89. The van der Waals surface area contributed by atoms with E-state index in [0.717, 1.165) is 51.4 Å². The van der Waals surface area contributed by atoms with Crippen LogP contribution in [0.3, 0.4) is 0 Å². The Morgan fingerprint density at radius 1 is 1.05 bits per heavy atom.